The Balaban J connectivity index is 3.46. The summed E-state index contributed by atoms with van der Waals surface area (Å²) < 4.78 is 4.94. The van der Waals surface area contributed by atoms with Crippen LogP contribution in [0, 0.1) is 5.41 Å². The molecule has 0 heterocycles. The second kappa shape index (κ2) is 7.43. The number of rotatable bonds is 7. The third kappa shape index (κ3) is 6.49. The van der Waals surface area contributed by atoms with E-state index in [0.29, 0.717) is 11.7 Å². The summed E-state index contributed by atoms with van der Waals surface area (Å²) in [6.45, 7) is 2.90. The fraction of sp³-hybridized carbons (Fsp3) is 0.875. The Bertz CT molecular complexity index is 130. The van der Waals surface area contributed by atoms with E-state index in [1.54, 1.807) is 7.11 Å². The van der Waals surface area contributed by atoms with E-state index < -0.39 is 0 Å². The summed E-state index contributed by atoms with van der Waals surface area (Å²) in [7, 11) is 1.70. The Morgan fingerprint density at radius 1 is 1.67 bits per heavy atom. The number of nitrogens with one attached hydrogen (secondary N) is 1. The van der Waals surface area contributed by atoms with Crippen molar-refractivity contribution in [2.45, 2.75) is 25.0 Å². The SMILES string of the molecule is CCC(CC(=N)N)SCCOC. The first-order valence-electron chi connectivity index (χ1n) is 4.14. The number of thioether (sulfide) groups is 1. The molecule has 0 rings (SSSR count). The third-order valence-electron chi connectivity index (χ3n) is 1.54. The molecule has 1 atom stereocenters. The topological polar surface area (TPSA) is 59.1 Å². The molecule has 1 unspecified atom stereocenters. The summed E-state index contributed by atoms with van der Waals surface area (Å²) in [4.78, 5) is 0. The number of methoxy groups -OCH3 is 1. The third-order valence-corrected chi connectivity index (χ3v) is 2.92. The van der Waals surface area contributed by atoms with Gasteiger partial charge in [-0.05, 0) is 6.42 Å². The molecule has 3 nitrogen and oxygen atoms in total. The maximum atomic E-state index is 7.14. The summed E-state index contributed by atoms with van der Waals surface area (Å²) in [6.07, 6.45) is 1.76. The van der Waals surface area contributed by atoms with E-state index >= 15 is 0 Å². The van der Waals surface area contributed by atoms with E-state index in [4.69, 9.17) is 15.9 Å². The zero-order valence-corrected chi connectivity index (χ0v) is 8.62. The van der Waals surface area contributed by atoms with Gasteiger partial charge in [0, 0.05) is 24.5 Å². The zero-order valence-electron chi connectivity index (χ0n) is 7.80. The van der Waals surface area contributed by atoms with Crippen LogP contribution in [0.15, 0.2) is 0 Å². The van der Waals surface area contributed by atoms with Gasteiger partial charge in [0.25, 0.3) is 0 Å². The van der Waals surface area contributed by atoms with E-state index in [0.717, 1.165) is 18.8 Å². The number of hydrogen-bond donors (Lipinski definition) is 2. The van der Waals surface area contributed by atoms with Crippen molar-refractivity contribution in [1.29, 1.82) is 5.41 Å². The van der Waals surface area contributed by atoms with E-state index in [1.165, 1.54) is 0 Å². The highest BCUT2D eigenvalue weighted by molar-refractivity contribution is 7.99. The number of nitrogens with two attached hydrogens (primary N) is 1. The van der Waals surface area contributed by atoms with E-state index in [2.05, 4.69) is 6.92 Å². The van der Waals surface area contributed by atoms with Crippen molar-refractivity contribution in [3.63, 3.8) is 0 Å². The van der Waals surface area contributed by atoms with Crippen LogP contribution in [-0.4, -0.2) is 30.6 Å². The van der Waals surface area contributed by atoms with Crippen LogP contribution in [-0.2, 0) is 4.74 Å². The molecule has 0 spiro atoms. The van der Waals surface area contributed by atoms with Gasteiger partial charge in [0.05, 0.1) is 12.4 Å². The van der Waals surface area contributed by atoms with E-state index in [1.807, 2.05) is 11.8 Å². The molecular formula is C8H18N2OS. The fourth-order valence-electron chi connectivity index (χ4n) is 0.865. The van der Waals surface area contributed by atoms with Gasteiger partial charge in [0.1, 0.15) is 0 Å². The Morgan fingerprint density at radius 2 is 2.33 bits per heavy atom. The minimum atomic E-state index is 0.284. The lowest BCUT2D eigenvalue weighted by Gasteiger charge is -2.12. The van der Waals surface area contributed by atoms with Crippen molar-refractivity contribution in [3.05, 3.63) is 0 Å². The number of hydrogen-bond acceptors (Lipinski definition) is 3. The lowest BCUT2D eigenvalue weighted by molar-refractivity contribution is 0.218. The van der Waals surface area contributed by atoms with Gasteiger partial charge in [-0.1, -0.05) is 6.92 Å². The van der Waals surface area contributed by atoms with Crippen LogP contribution in [0.25, 0.3) is 0 Å². The lowest BCUT2D eigenvalue weighted by Crippen LogP contribution is -2.17. The fourth-order valence-corrected chi connectivity index (χ4v) is 1.99. The highest BCUT2D eigenvalue weighted by Crippen LogP contribution is 2.17. The quantitative estimate of drug-likeness (QED) is 0.363. The largest absolute Gasteiger partial charge is 0.388 e. The Morgan fingerprint density at radius 3 is 2.75 bits per heavy atom. The van der Waals surface area contributed by atoms with Gasteiger partial charge < -0.3 is 10.5 Å². The Kier molecular flexibility index (Phi) is 7.29. The van der Waals surface area contributed by atoms with Crippen LogP contribution < -0.4 is 5.73 Å². The molecule has 4 heteroatoms. The molecule has 0 saturated heterocycles. The zero-order chi connectivity index (χ0) is 9.40. The summed E-state index contributed by atoms with van der Waals surface area (Å²) >= 11 is 1.83. The predicted molar refractivity (Wildman–Crippen MR) is 54.9 cm³/mol. The van der Waals surface area contributed by atoms with Crippen molar-refractivity contribution in [2.75, 3.05) is 19.5 Å². The molecular weight excluding hydrogens is 172 g/mol. The van der Waals surface area contributed by atoms with Gasteiger partial charge in [-0.25, -0.2) is 0 Å². The molecule has 0 aliphatic heterocycles. The highest BCUT2D eigenvalue weighted by Gasteiger charge is 2.07. The van der Waals surface area contributed by atoms with Gasteiger partial charge in [-0.15, -0.1) is 0 Å². The molecule has 72 valence electrons. The molecule has 0 bridgehead atoms. The summed E-state index contributed by atoms with van der Waals surface area (Å²) in [5.41, 5.74) is 5.31. The average Bonchev–Trinajstić information content (AvgIpc) is 2.02. The Hall–Kier alpha value is -0.220. The summed E-state index contributed by atoms with van der Waals surface area (Å²) in [5, 5.41) is 7.63. The van der Waals surface area contributed by atoms with Crippen LogP contribution in [0.5, 0.6) is 0 Å². The van der Waals surface area contributed by atoms with E-state index in [9.17, 15) is 0 Å². The normalized spacial score (nSPS) is 12.8. The summed E-state index contributed by atoms with van der Waals surface area (Å²) in [5.74, 6) is 1.27. The highest BCUT2D eigenvalue weighted by atomic mass is 32.2. The van der Waals surface area contributed by atoms with Gasteiger partial charge in [0.2, 0.25) is 0 Å². The molecule has 0 aliphatic rings. The first-order valence-corrected chi connectivity index (χ1v) is 5.19. The number of amidine groups is 1. The first-order chi connectivity index (χ1) is 5.70. The predicted octanol–water partition coefficient (Wildman–Crippen LogP) is 1.47. The molecule has 3 N–H and O–H groups in total. The number of ether oxygens (including phenoxy) is 1. The van der Waals surface area contributed by atoms with Crippen molar-refractivity contribution in [1.82, 2.24) is 0 Å². The first kappa shape index (κ1) is 11.8. The van der Waals surface area contributed by atoms with Gasteiger partial charge in [0.15, 0.2) is 0 Å². The molecule has 0 aromatic heterocycles. The van der Waals surface area contributed by atoms with Crippen molar-refractivity contribution < 1.29 is 4.74 Å². The van der Waals surface area contributed by atoms with Crippen molar-refractivity contribution in [3.8, 4) is 0 Å². The van der Waals surface area contributed by atoms with Crippen LogP contribution in [0.1, 0.15) is 19.8 Å². The molecule has 0 aliphatic carbocycles. The monoisotopic (exact) mass is 190 g/mol. The second-order valence-electron chi connectivity index (χ2n) is 2.62. The van der Waals surface area contributed by atoms with Gasteiger partial charge in [-0.3, -0.25) is 5.41 Å². The summed E-state index contributed by atoms with van der Waals surface area (Å²) in [6, 6.07) is 0. The average molecular weight is 190 g/mol. The van der Waals surface area contributed by atoms with Crippen molar-refractivity contribution in [2.24, 2.45) is 5.73 Å². The molecule has 0 aromatic rings. The molecule has 0 saturated carbocycles. The second-order valence-corrected chi connectivity index (χ2v) is 4.03. The molecule has 0 aromatic carbocycles. The smallest absolute Gasteiger partial charge is 0.0916 e. The maximum absolute atomic E-state index is 7.14. The molecule has 12 heavy (non-hydrogen) atoms. The van der Waals surface area contributed by atoms with Gasteiger partial charge >= 0.3 is 0 Å². The maximum Gasteiger partial charge on any atom is 0.0916 e. The van der Waals surface area contributed by atoms with Crippen LogP contribution in [0.4, 0.5) is 0 Å². The molecule has 0 amide bonds. The molecule has 0 radical (unpaired) electrons. The van der Waals surface area contributed by atoms with Crippen LogP contribution in [0.2, 0.25) is 0 Å². The van der Waals surface area contributed by atoms with Crippen LogP contribution in [0.3, 0.4) is 0 Å². The lowest BCUT2D eigenvalue weighted by atomic mass is 10.2. The molecule has 0 fully saturated rings. The Labute approximate surface area is 78.6 Å². The van der Waals surface area contributed by atoms with Crippen LogP contribution >= 0.6 is 11.8 Å². The van der Waals surface area contributed by atoms with E-state index in [-0.39, 0.29) is 5.84 Å². The van der Waals surface area contributed by atoms with Gasteiger partial charge in [-0.2, -0.15) is 11.8 Å². The minimum absolute atomic E-state index is 0.284. The standard InChI is InChI=1S/C8H18N2OS/c1-3-7(6-8(9)10)12-5-4-11-2/h7H,3-6H2,1-2H3,(H3,9,10). The van der Waals surface area contributed by atoms with Crippen molar-refractivity contribution >= 4 is 17.6 Å². The minimum Gasteiger partial charge on any atom is -0.388 e.